The predicted molar refractivity (Wildman–Crippen MR) is 54.7 cm³/mol. The number of ether oxygens (including phenoxy) is 1. The van der Waals surface area contributed by atoms with E-state index >= 15 is 0 Å². The molecule has 1 nitrogen and oxygen atoms in total. The van der Waals surface area contributed by atoms with Crippen LogP contribution in [0, 0.1) is 10.8 Å². The lowest BCUT2D eigenvalue weighted by atomic mass is 9.82. The average molecular weight is 296 g/mol. The molecular formula is C9H12Br2O. The molecule has 2 saturated carbocycles. The lowest BCUT2D eigenvalue weighted by molar-refractivity contribution is 0.309. The van der Waals surface area contributed by atoms with Gasteiger partial charge < -0.3 is 4.74 Å². The van der Waals surface area contributed by atoms with E-state index in [4.69, 9.17) is 4.74 Å². The van der Waals surface area contributed by atoms with Crippen molar-refractivity contribution < 1.29 is 4.74 Å². The van der Waals surface area contributed by atoms with Crippen LogP contribution in [0.2, 0.25) is 0 Å². The van der Waals surface area contributed by atoms with Crippen LogP contribution in [0.15, 0.2) is 0 Å². The molecule has 1 saturated heterocycles. The Balaban J connectivity index is 2.00. The van der Waals surface area contributed by atoms with Crippen molar-refractivity contribution in [1.29, 1.82) is 0 Å². The van der Waals surface area contributed by atoms with E-state index in [1.807, 2.05) is 0 Å². The summed E-state index contributed by atoms with van der Waals surface area (Å²) in [5.74, 6) is 0. The van der Waals surface area contributed by atoms with Crippen molar-refractivity contribution >= 4 is 31.9 Å². The van der Waals surface area contributed by atoms with Crippen LogP contribution in [0.3, 0.4) is 0 Å². The maximum absolute atomic E-state index is 5.56. The van der Waals surface area contributed by atoms with E-state index in [1.54, 1.807) is 0 Å². The van der Waals surface area contributed by atoms with Crippen LogP contribution in [0.25, 0.3) is 0 Å². The SMILES string of the molecule is C[C@@]12C[C@@H]3O[C@H]3C[C@]1(C)C2(Br)Br. The van der Waals surface area contributed by atoms with Crippen molar-refractivity contribution in [2.45, 2.75) is 42.1 Å². The van der Waals surface area contributed by atoms with E-state index in [0.29, 0.717) is 23.0 Å². The second kappa shape index (κ2) is 1.82. The highest BCUT2D eigenvalue weighted by atomic mass is 79.9. The number of epoxide rings is 1. The summed E-state index contributed by atoms with van der Waals surface area (Å²) in [5, 5.41) is 0. The van der Waals surface area contributed by atoms with Crippen LogP contribution in [0.1, 0.15) is 26.7 Å². The standard InChI is InChI=1S/C9H12Br2O/c1-7-3-5-6(12-5)4-8(7,2)9(7,10)11/h5-6H,3-4H2,1-2H3/t5-,6-,7-,8+/m0/s1. The Bertz CT molecular complexity index is 241. The third-order valence-electron chi connectivity index (χ3n) is 4.45. The fourth-order valence-electron chi connectivity index (χ4n) is 3.00. The smallest absolute Gasteiger partial charge is 0.0925 e. The average Bonchev–Trinajstić information content (AvgIpc) is 2.72. The summed E-state index contributed by atoms with van der Waals surface area (Å²) in [6, 6.07) is 0. The quantitative estimate of drug-likeness (QED) is 0.494. The number of fused-ring (bicyclic) bond motifs is 2. The molecule has 0 aromatic rings. The summed E-state index contributed by atoms with van der Waals surface area (Å²) < 4.78 is 5.74. The second-order valence-electron chi connectivity index (χ2n) is 4.86. The van der Waals surface area contributed by atoms with Crippen LogP contribution in [0.4, 0.5) is 0 Å². The van der Waals surface area contributed by atoms with E-state index in [2.05, 4.69) is 45.7 Å². The van der Waals surface area contributed by atoms with Crippen molar-refractivity contribution in [2.24, 2.45) is 10.8 Å². The van der Waals surface area contributed by atoms with Gasteiger partial charge >= 0.3 is 0 Å². The number of hydrogen-bond acceptors (Lipinski definition) is 1. The highest BCUT2D eigenvalue weighted by Gasteiger charge is 2.84. The highest BCUT2D eigenvalue weighted by Crippen LogP contribution is 2.86. The van der Waals surface area contributed by atoms with Gasteiger partial charge in [0.2, 0.25) is 0 Å². The van der Waals surface area contributed by atoms with Gasteiger partial charge in [0.05, 0.1) is 15.4 Å². The molecule has 3 heteroatoms. The lowest BCUT2D eigenvalue weighted by Crippen LogP contribution is -2.19. The summed E-state index contributed by atoms with van der Waals surface area (Å²) in [5.41, 5.74) is 0.801. The minimum absolute atomic E-state index is 0.177. The summed E-state index contributed by atoms with van der Waals surface area (Å²) >= 11 is 7.60. The molecule has 0 bridgehead atoms. The first kappa shape index (κ1) is 8.25. The summed E-state index contributed by atoms with van der Waals surface area (Å²) in [4.78, 5) is 0. The van der Waals surface area contributed by atoms with Gasteiger partial charge in [-0.25, -0.2) is 0 Å². The monoisotopic (exact) mass is 294 g/mol. The first-order valence-electron chi connectivity index (χ1n) is 4.46. The molecule has 0 aromatic carbocycles. The van der Waals surface area contributed by atoms with Crippen molar-refractivity contribution in [3.05, 3.63) is 0 Å². The van der Waals surface area contributed by atoms with E-state index in [-0.39, 0.29) is 3.23 Å². The molecule has 1 heterocycles. The molecule has 3 rings (SSSR count). The normalized spacial score (nSPS) is 65.0. The van der Waals surface area contributed by atoms with E-state index in [1.165, 1.54) is 12.8 Å². The molecule has 0 spiro atoms. The zero-order chi connectivity index (χ0) is 8.78. The zero-order valence-corrected chi connectivity index (χ0v) is 10.4. The van der Waals surface area contributed by atoms with Gasteiger partial charge in [-0.1, -0.05) is 45.7 Å². The molecular weight excluding hydrogens is 284 g/mol. The largest absolute Gasteiger partial charge is 0.370 e. The number of halogens is 2. The van der Waals surface area contributed by atoms with Gasteiger partial charge in [-0.2, -0.15) is 0 Å². The topological polar surface area (TPSA) is 12.5 Å². The van der Waals surface area contributed by atoms with Crippen LogP contribution in [-0.4, -0.2) is 15.4 Å². The Morgan fingerprint density at radius 3 is 1.92 bits per heavy atom. The molecule has 0 amide bonds. The molecule has 0 aromatic heterocycles. The molecule has 0 N–H and O–H groups in total. The minimum Gasteiger partial charge on any atom is -0.370 e. The molecule has 0 radical (unpaired) electrons. The second-order valence-corrected chi connectivity index (χ2v) is 8.30. The van der Waals surface area contributed by atoms with Gasteiger partial charge in [-0.15, -0.1) is 0 Å². The molecule has 2 aliphatic carbocycles. The number of rotatable bonds is 0. The Labute approximate surface area is 89.5 Å². The van der Waals surface area contributed by atoms with Gasteiger partial charge in [-0.3, -0.25) is 0 Å². The Hall–Kier alpha value is 0.920. The predicted octanol–water partition coefficient (Wildman–Crippen LogP) is 3.06. The maximum atomic E-state index is 5.56. The van der Waals surface area contributed by atoms with Crippen LogP contribution < -0.4 is 0 Å². The zero-order valence-electron chi connectivity index (χ0n) is 7.23. The first-order chi connectivity index (χ1) is 5.42. The van der Waals surface area contributed by atoms with Crippen molar-refractivity contribution in [3.63, 3.8) is 0 Å². The lowest BCUT2D eigenvalue weighted by Gasteiger charge is -2.19. The van der Waals surface area contributed by atoms with E-state index in [0.717, 1.165) is 0 Å². The van der Waals surface area contributed by atoms with Gasteiger partial charge in [0, 0.05) is 10.8 Å². The fourth-order valence-corrected chi connectivity index (χ4v) is 5.20. The molecule has 68 valence electrons. The molecule has 0 unspecified atom stereocenters. The number of alkyl halides is 2. The van der Waals surface area contributed by atoms with Crippen molar-refractivity contribution in [1.82, 2.24) is 0 Å². The van der Waals surface area contributed by atoms with E-state index < -0.39 is 0 Å². The number of hydrogen-bond donors (Lipinski definition) is 0. The maximum Gasteiger partial charge on any atom is 0.0925 e. The Morgan fingerprint density at radius 1 is 1.08 bits per heavy atom. The van der Waals surface area contributed by atoms with Crippen LogP contribution in [-0.2, 0) is 4.74 Å². The van der Waals surface area contributed by atoms with Crippen molar-refractivity contribution in [3.8, 4) is 0 Å². The Morgan fingerprint density at radius 2 is 1.50 bits per heavy atom. The van der Waals surface area contributed by atoms with Crippen LogP contribution in [0.5, 0.6) is 0 Å². The van der Waals surface area contributed by atoms with Crippen molar-refractivity contribution in [2.75, 3.05) is 0 Å². The highest BCUT2D eigenvalue weighted by molar-refractivity contribution is 9.25. The molecule has 3 fully saturated rings. The minimum atomic E-state index is 0.177. The van der Waals surface area contributed by atoms with Crippen LogP contribution >= 0.6 is 31.9 Å². The van der Waals surface area contributed by atoms with Gasteiger partial charge in [0.1, 0.15) is 0 Å². The first-order valence-corrected chi connectivity index (χ1v) is 6.04. The van der Waals surface area contributed by atoms with Gasteiger partial charge in [-0.05, 0) is 12.8 Å². The molecule has 3 aliphatic rings. The third kappa shape index (κ3) is 0.612. The van der Waals surface area contributed by atoms with Gasteiger partial charge in [0.25, 0.3) is 0 Å². The third-order valence-corrected chi connectivity index (χ3v) is 7.95. The Kier molecular flexibility index (Phi) is 1.25. The summed E-state index contributed by atoms with van der Waals surface area (Å²) in [6.07, 6.45) is 3.56. The fraction of sp³-hybridized carbons (Fsp3) is 1.00. The molecule has 4 atom stereocenters. The molecule has 12 heavy (non-hydrogen) atoms. The summed E-state index contributed by atoms with van der Waals surface area (Å²) in [7, 11) is 0. The summed E-state index contributed by atoms with van der Waals surface area (Å²) in [6.45, 7) is 4.71. The molecule has 1 aliphatic heterocycles. The van der Waals surface area contributed by atoms with Gasteiger partial charge in [0.15, 0.2) is 0 Å². The van der Waals surface area contributed by atoms with E-state index in [9.17, 15) is 0 Å².